The van der Waals surface area contributed by atoms with Gasteiger partial charge < -0.3 is 11.1 Å². The summed E-state index contributed by atoms with van der Waals surface area (Å²) < 4.78 is 0. The summed E-state index contributed by atoms with van der Waals surface area (Å²) in [6, 6.07) is 8.20. The van der Waals surface area contributed by atoms with Crippen molar-refractivity contribution in [1.29, 1.82) is 0 Å². The van der Waals surface area contributed by atoms with E-state index < -0.39 is 0 Å². The van der Waals surface area contributed by atoms with Gasteiger partial charge in [0, 0.05) is 23.4 Å². The second-order valence-electron chi connectivity index (χ2n) is 4.38. The highest BCUT2D eigenvalue weighted by Gasteiger charge is 2.11. The zero-order valence-corrected chi connectivity index (χ0v) is 11.9. The summed E-state index contributed by atoms with van der Waals surface area (Å²) in [6.07, 6.45) is 0.318. The predicted octanol–water partition coefficient (Wildman–Crippen LogP) is 2.71. The summed E-state index contributed by atoms with van der Waals surface area (Å²) in [6.45, 7) is 4.41. The van der Waals surface area contributed by atoms with Crippen molar-refractivity contribution in [3.8, 4) is 11.3 Å². The Morgan fingerprint density at radius 1 is 1.32 bits per heavy atom. The van der Waals surface area contributed by atoms with Crippen molar-refractivity contribution in [2.75, 3.05) is 11.9 Å². The molecule has 4 nitrogen and oxygen atoms in total. The average molecular weight is 275 g/mol. The number of nitrogens with two attached hydrogens (primary N) is 1. The third-order valence-electron chi connectivity index (χ3n) is 2.74. The third-order valence-corrected chi connectivity index (χ3v) is 3.63. The maximum absolute atomic E-state index is 11.5. The molecule has 0 saturated carbocycles. The molecule has 0 fully saturated rings. The zero-order valence-electron chi connectivity index (χ0n) is 11.1. The standard InChI is InChI=1S/C14H17N3OS/c1-9-3-5-11(6-4-9)13-10(2)19-14(17-13)16-12(18)7-8-15/h3-6H,7-8,15H2,1-2H3,(H,16,17,18). The largest absolute Gasteiger partial charge is 0.330 e. The molecule has 0 bridgehead atoms. The van der Waals surface area contributed by atoms with Crippen molar-refractivity contribution in [3.05, 3.63) is 34.7 Å². The van der Waals surface area contributed by atoms with Crippen molar-refractivity contribution in [2.24, 2.45) is 5.73 Å². The Hall–Kier alpha value is -1.72. The lowest BCUT2D eigenvalue weighted by Gasteiger charge is -2.00. The summed E-state index contributed by atoms with van der Waals surface area (Å²) in [7, 11) is 0. The highest BCUT2D eigenvalue weighted by atomic mass is 32.1. The topological polar surface area (TPSA) is 68.0 Å². The number of hydrogen-bond donors (Lipinski definition) is 2. The van der Waals surface area contributed by atoms with E-state index in [1.807, 2.05) is 19.1 Å². The van der Waals surface area contributed by atoms with Gasteiger partial charge in [-0.25, -0.2) is 4.98 Å². The van der Waals surface area contributed by atoms with E-state index in [0.717, 1.165) is 16.1 Å². The fraction of sp³-hybridized carbons (Fsp3) is 0.286. The van der Waals surface area contributed by atoms with E-state index in [4.69, 9.17) is 5.73 Å². The number of aromatic nitrogens is 1. The Labute approximate surface area is 116 Å². The smallest absolute Gasteiger partial charge is 0.227 e. The molecule has 0 unspecified atom stereocenters. The summed E-state index contributed by atoms with van der Waals surface area (Å²) in [4.78, 5) is 17.1. The number of aryl methyl sites for hydroxylation is 2. The van der Waals surface area contributed by atoms with Crippen LogP contribution < -0.4 is 11.1 Å². The zero-order chi connectivity index (χ0) is 13.8. The molecule has 1 aromatic carbocycles. The average Bonchev–Trinajstić information content (AvgIpc) is 2.71. The van der Waals surface area contributed by atoms with E-state index in [1.54, 1.807) is 0 Å². The molecule has 0 spiro atoms. The summed E-state index contributed by atoms with van der Waals surface area (Å²) in [5.74, 6) is -0.0910. The first-order valence-electron chi connectivity index (χ1n) is 6.14. The van der Waals surface area contributed by atoms with Crippen LogP contribution in [-0.2, 0) is 4.79 Å². The van der Waals surface area contributed by atoms with Gasteiger partial charge >= 0.3 is 0 Å². The van der Waals surface area contributed by atoms with Gasteiger partial charge in [0.2, 0.25) is 5.91 Å². The number of anilines is 1. The molecule has 2 aromatic rings. The number of carbonyl (C=O) groups is 1. The van der Waals surface area contributed by atoms with E-state index in [9.17, 15) is 4.79 Å². The molecule has 0 aliphatic rings. The van der Waals surface area contributed by atoms with Crippen molar-refractivity contribution < 1.29 is 4.79 Å². The van der Waals surface area contributed by atoms with Gasteiger partial charge in [-0.15, -0.1) is 11.3 Å². The Balaban J connectivity index is 2.21. The van der Waals surface area contributed by atoms with Crippen molar-refractivity contribution >= 4 is 22.4 Å². The minimum absolute atomic E-state index is 0.0910. The third kappa shape index (κ3) is 3.39. The van der Waals surface area contributed by atoms with Crippen molar-refractivity contribution in [2.45, 2.75) is 20.3 Å². The molecule has 0 saturated heterocycles. The minimum Gasteiger partial charge on any atom is -0.330 e. The molecule has 19 heavy (non-hydrogen) atoms. The van der Waals surface area contributed by atoms with Gasteiger partial charge in [0.15, 0.2) is 5.13 Å². The lowest BCUT2D eigenvalue weighted by Crippen LogP contribution is -2.15. The summed E-state index contributed by atoms with van der Waals surface area (Å²) in [5, 5.41) is 3.40. The molecule has 0 aliphatic carbocycles. The second kappa shape index (κ2) is 5.95. The maximum atomic E-state index is 11.5. The van der Waals surface area contributed by atoms with Crippen LogP contribution in [-0.4, -0.2) is 17.4 Å². The monoisotopic (exact) mass is 275 g/mol. The molecular formula is C14H17N3OS. The van der Waals surface area contributed by atoms with Crippen molar-refractivity contribution in [1.82, 2.24) is 4.98 Å². The number of rotatable bonds is 4. The van der Waals surface area contributed by atoms with Crippen LogP contribution >= 0.6 is 11.3 Å². The van der Waals surface area contributed by atoms with Gasteiger partial charge in [-0.1, -0.05) is 29.8 Å². The van der Waals surface area contributed by atoms with Gasteiger partial charge in [-0.05, 0) is 13.8 Å². The maximum Gasteiger partial charge on any atom is 0.227 e. The Bertz CT molecular complexity index is 575. The molecule has 5 heteroatoms. The lowest BCUT2D eigenvalue weighted by molar-refractivity contribution is -0.116. The molecule has 3 N–H and O–H groups in total. The summed E-state index contributed by atoms with van der Waals surface area (Å²) >= 11 is 1.48. The van der Waals surface area contributed by atoms with E-state index in [-0.39, 0.29) is 5.91 Å². The predicted molar refractivity (Wildman–Crippen MR) is 79.3 cm³/mol. The number of benzene rings is 1. The van der Waals surface area contributed by atoms with Crippen LogP contribution in [0.3, 0.4) is 0 Å². The van der Waals surface area contributed by atoms with E-state index >= 15 is 0 Å². The summed E-state index contributed by atoms with van der Waals surface area (Å²) in [5.41, 5.74) is 8.55. The van der Waals surface area contributed by atoms with Gasteiger partial charge in [-0.2, -0.15) is 0 Å². The molecule has 1 aromatic heterocycles. The van der Waals surface area contributed by atoms with E-state index in [1.165, 1.54) is 16.9 Å². The second-order valence-corrected chi connectivity index (χ2v) is 5.58. The van der Waals surface area contributed by atoms with Crippen molar-refractivity contribution in [3.63, 3.8) is 0 Å². The first-order valence-corrected chi connectivity index (χ1v) is 6.96. The molecule has 1 heterocycles. The van der Waals surface area contributed by atoms with Crippen LogP contribution in [0.5, 0.6) is 0 Å². The number of thiazole rings is 1. The van der Waals surface area contributed by atoms with Crippen LogP contribution in [0.4, 0.5) is 5.13 Å². The van der Waals surface area contributed by atoms with Crippen LogP contribution in [0.15, 0.2) is 24.3 Å². The quantitative estimate of drug-likeness (QED) is 0.901. The lowest BCUT2D eigenvalue weighted by atomic mass is 10.1. The Kier molecular flexibility index (Phi) is 4.29. The van der Waals surface area contributed by atoms with Gasteiger partial charge in [0.1, 0.15) is 0 Å². The molecular weight excluding hydrogens is 258 g/mol. The number of hydrogen-bond acceptors (Lipinski definition) is 4. The van der Waals surface area contributed by atoms with E-state index in [2.05, 4.69) is 29.4 Å². The fourth-order valence-corrected chi connectivity index (χ4v) is 2.59. The molecule has 0 atom stereocenters. The number of nitrogens with zero attached hydrogens (tertiary/aromatic N) is 1. The Morgan fingerprint density at radius 2 is 2.00 bits per heavy atom. The highest BCUT2D eigenvalue weighted by Crippen LogP contribution is 2.30. The van der Waals surface area contributed by atoms with Gasteiger partial charge in [0.25, 0.3) is 0 Å². The Morgan fingerprint density at radius 3 is 2.63 bits per heavy atom. The first-order chi connectivity index (χ1) is 9.10. The molecule has 1 amide bonds. The molecule has 100 valence electrons. The number of carbonyl (C=O) groups excluding carboxylic acids is 1. The molecule has 2 rings (SSSR count). The minimum atomic E-state index is -0.0910. The van der Waals surface area contributed by atoms with Crippen LogP contribution in [0.2, 0.25) is 0 Å². The van der Waals surface area contributed by atoms with Crippen LogP contribution in [0.1, 0.15) is 16.9 Å². The fourth-order valence-electron chi connectivity index (χ4n) is 1.74. The first kappa shape index (κ1) is 13.7. The normalized spacial score (nSPS) is 10.5. The van der Waals surface area contributed by atoms with Crippen LogP contribution in [0, 0.1) is 13.8 Å². The number of nitrogens with one attached hydrogen (secondary N) is 1. The molecule has 0 aliphatic heterocycles. The van der Waals surface area contributed by atoms with Gasteiger partial charge in [0.05, 0.1) is 5.69 Å². The number of amides is 1. The van der Waals surface area contributed by atoms with Crippen LogP contribution in [0.25, 0.3) is 11.3 Å². The molecule has 0 radical (unpaired) electrons. The SMILES string of the molecule is Cc1ccc(-c2nc(NC(=O)CCN)sc2C)cc1. The highest BCUT2D eigenvalue weighted by molar-refractivity contribution is 7.16. The van der Waals surface area contributed by atoms with E-state index in [0.29, 0.717) is 18.1 Å². The van der Waals surface area contributed by atoms with Gasteiger partial charge in [-0.3, -0.25) is 4.79 Å².